The molecule has 0 aromatic heterocycles. The Morgan fingerprint density at radius 3 is 2.52 bits per heavy atom. The second-order valence-electron chi connectivity index (χ2n) is 8.06. The Hall–Kier alpha value is -3.00. The molecule has 2 aromatic rings. The summed E-state index contributed by atoms with van der Waals surface area (Å²) in [6.07, 6.45) is 2.49. The first kappa shape index (κ1) is 23.2. The van der Waals surface area contributed by atoms with E-state index in [0.717, 1.165) is 28.5 Å². The first-order valence-electron chi connectivity index (χ1n) is 11.2. The van der Waals surface area contributed by atoms with Crippen LogP contribution in [0.5, 0.6) is 11.5 Å². The fourth-order valence-electron chi connectivity index (χ4n) is 3.99. The number of methoxy groups -OCH3 is 2. The molecule has 0 bridgehead atoms. The van der Waals surface area contributed by atoms with Crippen LogP contribution in [0, 0.1) is 0 Å². The van der Waals surface area contributed by atoms with Crippen molar-refractivity contribution in [1.82, 2.24) is 4.90 Å². The van der Waals surface area contributed by atoms with Crippen LogP contribution in [-0.4, -0.2) is 60.4 Å². The molecule has 0 aliphatic carbocycles. The minimum atomic E-state index is -0.476. The Morgan fingerprint density at radius 1 is 1.09 bits per heavy atom. The number of rotatable bonds is 6. The summed E-state index contributed by atoms with van der Waals surface area (Å²) in [5.74, 6) is 2.25. The molecule has 0 saturated carbocycles. The summed E-state index contributed by atoms with van der Waals surface area (Å²) >= 11 is 1.77. The Bertz CT molecular complexity index is 1050. The van der Waals surface area contributed by atoms with Crippen LogP contribution in [0.1, 0.15) is 31.7 Å². The lowest BCUT2D eigenvalue weighted by atomic mass is 9.98. The van der Waals surface area contributed by atoms with Gasteiger partial charge in [-0.2, -0.15) is 0 Å². The number of piperidine rings is 1. The van der Waals surface area contributed by atoms with Gasteiger partial charge in [0.15, 0.2) is 5.66 Å². The molecule has 1 spiro atoms. The van der Waals surface area contributed by atoms with E-state index in [2.05, 4.69) is 24.4 Å². The number of nitrogens with one attached hydrogen (secondary N) is 1. The van der Waals surface area contributed by atoms with Crippen molar-refractivity contribution in [3.05, 3.63) is 54.1 Å². The number of ether oxygens (including phenoxy) is 2. The SMILES string of the molecule is CCCSC1=NC2(CCN(C(=O)Nc3ccc(OC)cc3OC)CC2)N=C1c1ccccc1. The highest BCUT2D eigenvalue weighted by molar-refractivity contribution is 8.15. The number of thioether (sulfide) groups is 1. The molecular formula is C25H30N4O3S. The Balaban J connectivity index is 1.46. The fraction of sp³-hybridized carbons (Fsp3) is 0.400. The smallest absolute Gasteiger partial charge is 0.321 e. The van der Waals surface area contributed by atoms with E-state index >= 15 is 0 Å². The predicted octanol–water partition coefficient (Wildman–Crippen LogP) is 5.07. The van der Waals surface area contributed by atoms with Crippen molar-refractivity contribution >= 4 is 34.2 Å². The number of carbonyl (C=O) groups is 1. The maximum atomic E-state index is 12.9. The number of hydrogen-bond acceptors (Lipinski definition) is 6. The van der Waals surface area contributed by atoms with Crippen molar-refractivity contribution in [2.75, 3.05) is 38.4 Å². The van der Waals surface area contributed by atoms with Gasteiger partial charge < -0.3 is 19.7 Å². The van der Waals surface area contributed by atoms with E-state index in [1.54, 1.807) is 44.2 Å². The number of urea groups is 1. The Morgan fingerprint density at radius 2 is 1.85 bits per heavy atom. The quantitative estimate of drug-likeness (QED) is 0.645. The number of hydrogen-bond donors (Lipinski definition) is 1. The molecule has 7 nitrogen and oxygen atoms in total. The Labute approximate surface area is 199 Å². The average molecular weight is 467 g/mol. The largest absolute Gasteiger partial charge is 0.497 e. The van der Waals surface area contributed by atoms with Crippen molar-refractivity contribution in [3.8, 4) is 11.5 Å². The third kappa shape index (κ3) is 5.16. The minimum absolute atomic E-state index is 0.150. The standard InChI is InChI=1S/C25H30N4O3S/c1-4-16-33-23-22(18-8-6-5-7-9-18)27-25(28-23)12-14-29(15-13-25)24(30)26-20-11-10-19(31-2)17-21(20)32-3/h5-11,17H,4,12-16H2,1-3H3,(H,26,30). The number of aliphatic imine (C=N–C) groups is 2. The van der Waals surface area contributed by atoms with Gasteiger partial charge in [0.1, 0.15) is 16.5 Å². The first-order chi connectivity index (χ1) is 16.1. The van der Waals surface area contributed by atoms with Gasteiger partial charge in [-0.25, -0.2) is 9.79 Å². The molecule has 1 fully saturated rings. The maximum Gasteiger partial charge on any atom is 0.321 e. The molecule has 1 N–H and O–H groups in total. The van der Waals surface area contributed by atoms with E-state index in [4.69, 9.17) is 19.5 Å². The van der Waals surface area contributed by atoms with Crippen LogP contribution in [0.25, 0.3) is 0 Å². The number of anilines is 1. The van der Waals surface area contributed by atoms with E-state index in [-0.39, 0.29) is 6.03 Å². The van der Waals surface area contributed by atoms with Crippen LogP contribution in [0.15, 0.2) is 58.5 Å². The van der Waals surface area contributed by atoms with Crippen molar-refractivity contribution in [2.45, 2.75) is 31.8 Å². The van der Waals surface area contributed by atoms with Crippen LogP contribution in [-0.2, 0) is 0 Å². The summed E-state index contributed by atoms with van der Waals surface area (Å²) in [5, 5.41) is 3.98. The van der Waals surface area contributed by atoms with E-state index in [9.17, 15) is 4.79 Å². The third-order valence-corrected chi connectivity index (χ3v) is 6.99. The summed E-state index contributed by atoms with van der Waals surface area (Å²) in [6.45, 7) is 3.35. The predicted molar refractivity (Wildman–Crippen MR) is 135 cm³/mol. The fourth-order valence-corrected chi connectivity index (χ4v) is 4.93. The highest BCUT2D eigenvalue weighted by Crippen LogP contribution is 2.36. The van der Waals surface area contributed by atoms with Gasteiger partial charge in [0.25, 0.3) is 0 Å². The van der Waals surface area contributed by atoms with Crippen molar-refractivity contribution in [2.24, 2.45) is 9.98 Å². The molecule has 2 aliphatic heterocycles. The number of amides is 2. The van der Waals surface area contributed by atoms with Gasteiger partial charge in [-0.15, -0.1) is 11.8 Å². The van der Waals surface area contributed by atoms with Crippen LogP contribution >= 0.6 is 11.8 Å². The lowest BCUT2D eigenvalue weighted by Crippen LogP contribution is -2.46. The molecule has 4 rings (SSSR count). The van der Waals surface area contributed by atoms with E-state index in [1.807, 2.05) is 23.1 Å². The molecule has 0 atom stereocenters. The molecule has 2 aliphatic rings. The number of benzene rings is 2. The molecule has 2 aromatic carbocycles. The molecule has 1 saturated heterocycles. The van der Waals surface area contributed by atoms with Crippen LogP contribution in [0.2, 0.25) is 0 Å². The zero-order valence-electron chi connectivity index (χ0n) is 19.3. The summed E-state index contributed by atoms with van der Waals surface area (Å²) in [4.78, 5) is 24.9. The molecule has 0 unspecified atom stereocenters. The molecule has 8 heteroatoms. The zero-order valence-corrected chi connectivity index (χ0v) is 20.2. The minimum Gasteiger partial charge on any atom is -0.497 e. The van der Waals surface area contributed by atoms with Crippen molar-refractivity contribution in [1.29, 1.82) is 0 Å². The lowest BCUT2D eigenvalue weighted by molar-refractivity contribution is 0.175. The molecule has 2 amide bonds. The molecule has 33 heavy (non-hydrogen) atoms. The van der Waals surface area contributed by atoms with Gasteiger partial charge in [-0.3, -0.25) is 4.99 Å². The molecule has 0 radical (unpaired) electrons. The second-order valence-corrected chi connectivity index (χ2v) is 9.14. The van der Waals surface area contributed by atoms with Gasteiger partial charge >= 0.3 is 6.03 Å². The van der Waals surface area contributed by atoms with Gasteiger partial charge in [0.05, 0.1) is 25.6 Å². The maximum absolute atomic E-state index is 12.9. The average Bonchev–Trinajstić information content (AvgIpc) is 3.21. The summed E-state index contributed by atoms with van der Waals surface area (Å²) in [5.41, 5.74) is 2.22. The van der Waals surface area contributed by atoms with Crippen LogP contribution < -0.4 is 14.8 Å². The van der Waals surface area contributed by atoms with E-state index in [1.165, 1.54) is 0 Å². The molecule has 174 valence electrons. The summed E-state index contributed by atoms with van der Waals surface area (Å²) in [7, 11) is 3.17. The molecule has 2 heterocycles. The topological polar surface area (TPSA) is 75.5 Å². The summed E-state index contributed by atoms with van der Waals surface area (Å²) < 4.78 is 10.6. The molecular weight excluding hydrogens is 436 g/mol. The van der Waals surface area contributed by atoms with Crippen molar-refractivity contribution < 1.29 is 14.3 Å². The number of nitrogens with zero attached hydrogens (tertiary/aromatic N) is 3. The highest BCUT2D eigenvalue weighted by Gasteiger charge is 2.40. The monoisotopic (exact) mass is 466 g/mol. The zero-order chi connectivity index (χ0) is 23.3. The first-order valence-corrected chi connectivity index (χ1v) is 12.2. The normalized spacial score (nSPS) is 16.9. The Kier molecular flexibility index (Phi) is 7.23. The van der Waals surface area contributed by atoms with E-state index < -0.39 is 5.66 Å². The van der Waals surface area contributed by atoms with E-state index in [0.29, 0.717) is 43.1 Å². The lowest BCUT2D eigenvalue weighted by Gasteiger charge is -2.35. The van der Waals surface area contributed by atoms with Crippen LogP contribution in [0.3, 0.4) is 0 Å². The summed E-state index contributed by atoms with van der Waals surface area (Å²) in [6, 6.07) is 15.4. The second kappa shape index (κ2) is 10.3. The van der Waals surface area contributed by atoms with Crippen LogP contribution in [0.4, 0.5) is 10.5 Å². The number of likely N-dealkylation sites (tertiary alicyclic amines) is 1. The van der Waals surface area contributed by atoms with Crippen molar-refractivity contribution in [3.63, 3.8) is 0 Å². The van der Waals surface area contributed by atoms with Gasteiger partial charge in [0, 0.05) is 37.6 Å². The van der Waals surface area contributed by atoms with Gasteiger partial charge in [-0.05, 0) is 24.3 Å². The van der Waals surface area contributed by atoms with Gasteiger partial charge in [0.2, 0.25) is 0 Å². The highest BCUT2D eigenvalue weighted by atomic mass is 32.2. The number of carbonyl (C=O) groups excluding carboxylic acids is 1. The van der Waals surface area contributed by atoms with Gasteiger partial charge in [-0.1, -0.05) is 37.3 Å². The third-order valence-electron chi connectivity index (χ3n) is 5.82.